The molecule has 78 valence electrons. The van der Waals surface area contributed by atoms with Crippen LogP contribution in [0.5, 0.6) is 5.75 Å². The number of hydrogen-bond acceptors (Lipinski definition) is 4. The summed E-state index contributed by atoms with van der Waals surface area (Å²) < 4.78 is 0. The first-order chi connectivity index (χ1) is 7.23. The molecule has 1 aromatic carbocycles. The number of nitrogens with zero attached hydrogens (tertiary/aromatic N) is 1. The number of aromatic hydroxyl groups is 1. The average Bonchev–Trinajstić information content (AvgIpc) is 3.00. The molecule has 0 amide bonds. The van der Waals surface area contributed by atoms with Crippen molar-refractivity contribution in [2.45, 2.75) is 25.0 Å². The second-order valence-corrected chi connectivity index (χ2v) is 3.71. The molecule has 0 unspecified atom stereocenters. The second kappa shape index (κ2) is 3.50. The van der Waals surface area contributed by atoms with Gasteiger partial charge in [0.2, 0.25) is 6.08 Å². The van der Waals surface area contributed by atoms with E-state index in [4.69, 9.17) is 5.11 Å². The molecular formula is C11H11NO3. The van der Waals surface area contributed by atoms with Crippen molar-refractivity contribution in [2.24, 2.45) is 4.99 Å². The lowest BCUT2D eigenvalue weighted by Gasteiger charge is -2.12. The number of aliphatic hydroxyl groups excluding tert-OH is 1. The Kier molecular flexibility index (Phi) is 2.31. The van der Waals surface area contributed by atoms with Gasteiger partial charge in [0.1, 0.15) is 11.3 Å². The van der Waals surface area contributed by atoms with Crippen LogP contribution in [0.3, 0.4) is 0 Å². The third-order valence-electron chi connectivity index (χ3n) is 2.77. The summed E-state index contributed by atoms with van der Waals surface area (Å²) in [5.74, 6) is 0.0384. The molecule has 0 bridgehead atoms. The number of hydrogen-bond donors (Lipinski definition) is 2. The summed E-state index contributed by atoms with van der Waals surface area (Å²) >= 11 is 0. The van der Waals surface area contributed by atoms with Crippen LogP contribution in [0.25, 0.3) is 0 Å². The third-order valence-corrected chi connectivity index (χ3v) is 2.77. The van der Waals surface area contributed by atoms with Gasteiger partial charge in [-0.1, -0.05) is 18.2 Å². The van der Waals surface area contributed by atoms with Gasteiger partial charge in [-0.05, 0) is 12.8 Å². The first kappa shape index (κ1) is 9.90. The van der Waals surface area contributed by atoms with Crippen LogP contribution in [-0.4, -0.2) is 16.3 Å². The van der Waals surface area contributed by atoms with E-state index in [1.165, 1.54) is 6.08 Å². The van der Waals surface area contributed by atoms with Gasteiger partial charge in [0, 0.05) is 11.1 Å². The molecule has 1 aliphatic rings. The van der Waals surface area contributed by atoms with E-state index in [9.17, 15) is 9.90 Å². The first-order valence-electron chi connectivity index (χ1n) is 4.75. The number of para-hydroxylation sites is 1. The number of aliphatic imine (C=N–C) groups is 1. The molecule has 4 nitrogen and oxygen atoms in total. The maximum absolute atomic E-state index is 10.3. The Morgan fingerprint density at radius 3 is 2.73 bits per heavy atom. The molecular weight excluding hydrogens is 194 g/mol. The summed E-state index contributed by atoms with van der Waals surface area (Å²) in [6.45, 7) is -0.222. The molecule has 15 heavy (non-hydrogen) atoms. The van der Waals surface area contributed by atoms with E-state index in [-0.39, 0.29) is 12.4 Å². The fourth-order valence-corrected chi connectivity index (χ4v) is 1.74. The number of aliphatic hydroxyl groups is 1. The fourth-order valence-electron chi connectivity index (χ4n) is 1.74. The molecule has 0 radical (unpaired) electrons. The van der Waals surface area contributed by atoms with E-state index in [2.05, 4.69) is 4.99 Å². The zero-order valence-electron chi connectivity index (χ0n) is 8.10. The Morgan fingerprint density at radius 2 is 2.20 bits per heavy atom. The molecule has 0 aliphatic heterocycles. The topological polar surface area (TPSA) is 69.9 Å². The predicted molar refractivity (Wildman–Crippen MR) is 53.1 cm³/mol. The Morgan fingerprint density at radius 1 is 1.47 bits per heavy atom. The molecule has 0 spiro atoms. The van der Waals surface area contributed by atoms with Crippen molar-refractivity contribution < 1.29 is 15.0 Å². The molecule has 0 atom stereocenters. The SMILES string of the molecule is O=C=NC1(c2cccc(CO)c2O)CC1. The van der Waals surface area contributed by atoms with Crippen molar-refractivity contribution in [3.8, 4) is 5.75 Å². The summed E-state index contributed by atoms with van der Waals surface area (Å²) in [7, 11) is 0. The minimum Gasteiger partial charge on any atom is -0.507 e. The summed E-state index contributed by atoms with van der Waals surface area (Å²) in [5, 5.41) is 18.8. The fraction of sp³-hybridized carbons (Fsp3) is 0.364. The van der Waals surface area contributed by atoms with E-state index in [0.717, 1.165) is 12.8 Å². The average molecular weight is 205 g/mol. The molecule has 0 aromatic heterocycles. The van der Waals surface area contributed by atoms with Gasteiger partial charge in [-0.2, -0.15) is 4.99 Å². The van der Waals surface area contributed by atoms with Crippen molar-refractivity contribution in [1.29, 1.82) is 0 Å². The molecule has 0 heterocycles. The van der Waals surface area contributed by atoms with Crippen LogP contribution in [0, 0.1) is 0 Å². The lowest BCUT2D eigenvalue weighted by atomic mass is 10.0. The summed E-state index contributed by atoms with van der Waals surface area (Å²) in [4.78, 5) is 14.0. The van der Waals surface area contributed by atoms with Gasteiger partial charge in [-0.25, -0.2) is 4.79 Å². The standard InChI is InChI=1S/C11H11NO3/c13-6-8-2-1-3-9(10(8)15)11(4-5-11)12-7-14/h1-3,13,15H,4-6H2. The van der Waals surface area contributed by atoms with Crippen molar-refractivity contribution >= 4 is 6.08 Å². The molecule has 0 saturated heterocycles. The van der Waals surface area contributed by atoms with Crippen molar-refractivity contribution in [2.75, 3.05) is 0 Å². The van der Waals surface area contributed by atoms with Gasteiger partial charge in [-0.3, -0.25) is 0 Å². The Hall–Kier alpha value is -1.64. The Balaban J connectivity index is 2.49. The highest BCUT2D eigenvalue weighted by Crippen LogP contribution is 2.52. The van der Waals surface area contributed by atoms with E-state index in [0.29, 0.717) is 11.1 Å². The van der Waals surface area contributed by atoms with Crippen LogP contribution in [0.2, 0.25) is 0 Å². The smallest absolute Gasteiger partial charge is 0.235 e. The van der Waals surface area contributed by atoms with E-state index >= 15 is 0 Å². The van der Waals surface area contributed by atoms with Crippen LogP contribution in [0.1, 0.15) is 24.0 Å². The summed E-state index contributed by atoms with van der Waals surface area (Å²) in [6.07, 6.45) is 3.02. The molecule has 1 aromatic rings. The monoisotopic (exact) mass is 205 g/mol. The van der Waals surface area contributed by atoms with Crippen molar-refractivity contribution in [3.05, 3.63) is 29.3 Å². The number of rotatable bonds is 3. The minimum atomic E-state index is -0.586. The van der Waals surface area contributed by atoms with Crippen LogP contribution in [-0.2, 0) is 16.9 Å². The highest BCUT2D eigenvalue weighted by Gasteiger charge is 2.46. The van der Waals surface area contributed by atoms with Gasteiger partial charge in [0.05, 0.1) is 6.61 Å². The number of phenols is 1. The van der Waals surface area contributed by atoms with Crippen molar-refractivity contribution in [1.82, 2.24) is 0 Å². The van der Waals surface area contributed by atoms with Gasteiger partial charge < -0.3 is 10.2 Å². The lowest BCUT2D eigenvalue weighted by molar-refractivity contribution is 0.275. The van der Waals surface area contributed by atoms with Gasteiger partial charge >= 0.3 is 0 Å². The molecule has 1 fully saturated rings. The normalized spacial score (nSPS) is 16.9. The molecule has 2 N–H and O–H groups in total. The van der Waals surface area contributed by atoms with Crippen LogP contribution in [0.4, 0.5) is 0 Å². The zero-order chi connectivity index (χ0) is 10.9. The zero-order valence-corrected chi connectivity index (χ0v) is 8.10. The highest BCUT2D eigenvalue weighted by atomic mass is 16.3. The Labute approximate surface area is 86.9 Å². The van der Waals surface area contributed by atoms with Gasteiger partial charge in [-0.15, -0.1) is 0 Å². The van der Waals surface area contributed by atoms with Crippen LogP contribution >= 0.6 is 0 Å². The predicted octanol–water partition coefficient (Wildman–Crippen LogP) is 1.21. The summed E-state index contributed by atoms with van der Waals surface area (Å²) in [5.41, 5.74) is 0.481. The molecule has 1 saturated carbocycles. The van der Waals surface area contributed by atoms with E-state index < -0.39 is 5.54 Å². The van der Waals surface area contributed by atoms with E-state index in [1.54, 1.807) is 18.2 Å². The van der Waals surface area contributed by atoms with Crippen molar-refractivity contribution in [3.63, 3.8) is 0 Å². The third kappa shape index (κ3) is 1.54. The lowest BCUT2D eigenvalue weighted by Crippen LogP contribution is -2.04. The first-order valence-corrected chi connectivity index (χ1v) is 4.75. The quantitative estimate of drug-likeness (QED) is 0.575. The highest BCUT2D eigenvalue weighted by molar-refractivity contribution is 5.49. The van der Waals surface area contributed by atoms with E-state index in [1.807, 2.05) is 0 Å². The largest absolute Gasteiger partial charge is 0.507 e. The van der Waals surface area contributed by atoms with Crippen LogP contribution in [0.15, 0.2) is 23.2 Å². The molecule has 2 rings (SSSR count). The number of carbonyl (C=O) groups excluding carboxylic acids is 1. The van der Waals surface area contributed by atoms with Crippen LogP contribution < -0.4 is 0 Å². The van der Waals surface area contributed by atoms with Gasteiger partial charge in [0.25, 0.3) is 0 Å². The number of benzene rings is 1. The minimum absolute atomic E-state index is 0.0384. The molecule has 4 heteroatoms. The Bertz CT molecular complexity index is 431. The van der Waals surface area contributed by atoms with Gasteiger partial charge in [0.15, 0.2) is 0 Å². The second-order valence-electron chi connectivity index (χ2n) is 3.71. The maximum Gasteiger partial charge on any atom is 0.235 e. The molecule has 1 aliphatic carbocycles. The summed E-state index contributed by atoms with van der Waals surface area (Å²) in [6, 6.07) is 5.10. The number of isocyanates is 1. The maximum atomic E-state index is 10.3.